The summed E-state index contributed by atoms with van der Waals surface area (Å²) in [6.45, 7) is 0.408. The lowest BCUT2D eigenvalue weighted by atomic mass is 10.1. The summed E-state index contributed by atoms with van der Waals surface area (Å²) in [6.07, 6.45) is 0. The molecule has 0 heterocycles. The minimum Gasteiger partial charge on any atom is -0.409 e. The fourth-order valence-corrected chi connectivity index (χ4v) is 2.38. The van der Waals surface area contributed by atoms with Crippen LogP contribution in [0.3, 0.4) is 0 Å². The Morgan fingerprint density at radius 1 is 1.33 bits per heavy atom. The molecular weight excluding hydrogens is 337 g/mol. The third kappa shape index (κ3) is 3.72. The first kappa shape index (κ1) is 15.3. The zero-order valence-corrected chi connectivity index (χ0v) is 13.0. The van der Waals surface area contributed by atoms with Crippen molar-refractivity contribution in [2.24, 2.45) is 10.9 Å². The highest BCUT2D eigenvalue weighted by Gasteiger charge is 2.09. The molecule has 0 amide bonds. The second-order valence-corrected chi connectivity index (χ2v) is 5.54. The van der Waals surface area contributed by atoms with E-state index in [1.165, 1.54) is 6.07 Å². The summed E-state index contributed by atoms with van der Waals surface area (Å²) in [5.41, 5.74) is 7.61. The molecule has 0 bridgehead atoms. The van der Waals surface area contributed by atoms with Crippen LogP contribution in [0.4, 0.5) is 10.1 Å². The number of hydrogen-bond acceptors (Lipinski definition) is 3. The standard InChI is InChI=1S/C15H15BrFN3O/c1-20(9-11-7-12(16)5-6-14(11)17)13-4-2-3-10(8-13)15(18)19-21/h2-8,21H,9H2,1H3,(H2,18,19). The molecule has 2 aromatic rings. The van der Waals surface area contributed by atoms with Crippen molar-refractivity contribution in [3.8, 4) is 0 Å². The van der Waals surface area contributed by atoms with E-state index in [0.29, 0.717) is 17.7 Å². The Bertz CT molecular complexity index is 676. The highest BCUT2D eigenvalue weighted by molar-refractivity contribution is 9.10. The Kier molecular flexibility index (Phi) is 4.80. The summed E-state index contributed by atoms with van der Waals surface area (Å²) < 4.78 is 14.6. The van der Waals surface area contributed by atoms with Crippen molar-refractivity contribution in [3.05, 3.63) is 63.9 Å². The molecule has 0 fully saturated rings. The number of benzene rings is 2. The predicted octanol–water partition coefficient (Wildman–Crippen LogP) is 3.32. The van der Waals surface area contributed by atoms with E-state index in [-0.39, 0.29) is 11.7 Å². The van der Waals surface area contributed by atoms with Gasteiger partial charge in [0.15, 0.2) is 5.84 Å². The maximum Gasteiger partial charge on any atom is 0.170 e. The number of nitrogens with zero attached hydrogens (tertiary/aromatic N) is 2. The Balaban J connectivity index is 2.24. The number of anilines is 1. The highest BCUT2D eigenvalue weighted by atomic mass is 79.9. The summed E-state index contributed by atoms with van der Waals surface area (Å²) in [4.78, 5) is 1.89. The van der Waals surface area contributed by atoms with Crippen LogP contribution in [0.1, 0.15) is 11.1 Å². The summed E-state index contributed by atoms with van der Waals surface area (Å²) in [5.74, 6) is -0.212. The van der Waals surface area contributed by atoms with E-state index < -0.39 is 0 Å². The van der Waals surface area contributed by atoms with Gasteiger partial charge in [-0.15, -0.1) is 0 Å². The lowest BCUT2D eigenvalue weighted by Gasteiger charge is -2.20. The maximum absolute atomic E-state index is 13.8. The number of halogens is 2. The summed E-state index contributed by atoms with van der Waals surface area (Å²) in [7, 11) is 1.85. The Morgan fingerprint density at radius 3 is 2.81 bits per heavy atom. The zero-order valence-electron chi connectivity index (χ0n) is 11.4. The van der Waals surface area contributed by atoms with Crippen molar-refractivity contribution < 1.29 is 9.60 Å². The van der Waals surface area contributed by atoms with Gasteiger partial charge in [-0.25, -0.2) is 4.39 Å². The van der Waals surface area contributed by atoms with Crippen LogP contribution in [0, 0.1) is 5.82 Å². The minimum absolute atomic E-state index is 0.0406. The summed E-state index contributed by atoms with van der Waals surface area (Å²) in [6, 6.07) is 12.1. The molecule has 0 saturated carbocycles. The van der Waals surface area contributed by atoms with Crippen molar-refractivity contribution >= 4 is 27.5 Å². The molecule has 0 spiro atoms. The maximum atomic E-state index is 13.8. The van der Waals surface area contributed by atoms with Crippen molar-refractivity contribution in [3.63, 3.8) is 0 Å². The van der Waals surface area contributed by atoms with Gasteiger partial charge in [0.25, 0.3) is 0 Å². The van der Waals surface area contributed by atoms with Gasteiger partial charge in [0.1, 0.15) is 5.82 Å². The smallest absolute Gasteiger partial charge is 0.170 e. The van der Waals surface area contributed by atoms with Crippen LogP contribution in [0.5, 0.6) is 0 Å². The molecule has 0 aliphatic heterocycles. The third-order valence-electron chi connectivity index (χ3n) is 3.11. The fraction of sp³-hybridized carbons (Fsp3) is 0.133. The van der Waals surface area contributed by atoms with Gasteiger partial charge in [-0.3, -0.25) is 0 Å². The predicted molar refractivity (Wildman–Crippen MR) is 85.2 cm³/mol. The SMILES string of the molecule is CN(Cc1cc(Br)ccc1F)c1cccc(C(N)=NO)c1. The number of hydrogen-bond donors (Lipinski definition) is 2. The van der Waals surface area contributed by atoms with Gasteiger partial charge in [-0.1, -0.05) is 33.2 Å². The lowest BCUT2D eigenvalue weighted by Crippen LogP contribution is -2.19. The monoisotopic (exact) mass is 351 g/mol. The third-order valence-corrected chi connectivity index (χ3v) is 3.60. The summed E-state index contributed by atoms with van der Waals surface area (Å²) >= 11 is 3.34. The molecule has 0 aliphatic carbocycles. The van der Waals surface area contributed by atoms with Gasteiger partial charge >= 0.3 is 0 Å². The van der Waals surface area contributed by atoms with Crippen molar-refractivity contribution in [1.82, 2.24) is 0 Å². The second kappa shape index (κ2) is 6.58. The van der Waals surface area contributed by atoms with Gasteiger partial charge in [0.2, 0.25) is 0 Å². The molecule has 2 rings (SSSR count). The molecule has 0 unspecified atom stereocenters. The molecule has 0 aliphatic rings. The summed E-state index contributed by atoms with van der Waals surface area (Å²) in [5, 5.41) is 11.7. The van der Waals surface area contributed by atoms with Gasteiger partial charge in [-0.2, -0.15) is 0 Å². The molecule has 0 saturated heterocycles. The Hall–Kier alpha value is -2.08. The molecule has 0 radical (unpaired) electrons. The molecular formula is C15H15BrFN3O. The lowest BCUT2D eigenvalue weighted by molar-refractivity contribution is 0.318. The number of amidine groups is 1. The highest BCUT2D eigenvalue weighted by Crippen LogP contribution is 2.21. The molecule has 110 valence electrons. The first-order valence-electron chi connectivity index (χ1n) is 6.24. The van der Waals surface area contributed by atoms with E-state index in [1.807, 2.05) is 18.0 Å². The largest absolute Gasteiger partial charge is 0.409 e. The Morgan fingerprint density at radius 2 is 2.10 bits per heavy atom. The Labute approximate surface area is 130 Å². The minimum atomic E-state index is -0.252. The van der Waals surface area contributed by atoms with Gasteiger partial charge in [0, 0.05) is 34.9 Å². The van der Waals surface area contributed by atoms with E-state index in [9.17, 15) is 4.39 Å². The van der Waals surface area contributed by atoms with E-state index >= 15 is 0 Å². The van der Waals surface area contributed by atoms with Gasteiger partial charge in [0.05, 0.1) is 0 Å². The number of nitrogens with two attached hydrogens (primary N) is 1. The van der Waals surface area contributed by atoms with Crippen LogP contribution in [-0.2, 0) is 6.54 Å². The quantitative estimate of drug-likeness (QED) is 0.384. The van der Waals surface area contributed by atoms with E-state index in [0.717, 1.165) is 10.2 Å². The van der Waals surface area contributed by atoms with Crippen LogP contribution < -0.4 is 10.6 Å². The average Bonchev–Trinajstić information content (AvgIpc) is 2.50. The van der Waals surface area contributed by atoms with Crippen LogP contribution >= 0.6 is 15.9 Å². The molecule has 6 heteroatoms. The molecule has 3 N–H and O–H groups in total. The zero-order chi connectivity index (χ0) is 15.4. The molecule has 21 heavy (non-hydrogen) atoms. The molecule has 4 nitrogen and oxygen atoms in total. The molecule has 0 atom stereocenters. The van der Waals surface area contributed by atoms with Gasteiger partial charge < -0.3 is 15.8 Å². The van der Waals surface area contributed by atoms with Crippen LogP contribution in [0.15, 0.2) is 52.1 Å². The number of oxime groups is 1. The van der Waals surface area contributed by atoms with Crippen LogP contribution in [0.25, 0.3) is 0 Å². The second-order valence-electron chi connectivity index (χ2n) is 4.63. The average molecular weight is 352 g/mol. The first-order chi connectivity index (χ1) is 10.0. The molecule has 0 aromatic heterocycles. The van der Waals surface area contributed by atoms with Crippen LogP contribution in [0.2, 0.25) is 0 Å². The number of rotatable bonds is 4. The molecule has 2 aromatic carbocycles. The fourth-order valence-electron chi connectivity index (χ4n) is 1.97. The van der Waals surface area contributed by atoms with Gasteiger partial charge in [-0.05, 0) is 30.3 Å². The van der Waals surface area contributed by atoms with Crippen molar-refractivity contribution in [1.29, 1.82) is 0 Å². The normalized spacial score (nSPS) is 11.5. The van der Waals surface area contributed by atoms with E-state index in [2.05, 4.69) is 21.1 Å². The van der Waals surface area contributed by atoms with E-state index in [4.69, 9.17) is 10.9 Å². The van der Waals surface area contributed by atoms with Crippen molar-refractivity contribution in [2.75, 3.05) is 11.9 Å². The van der Waals surface area contributed by atoms with E-state index in [1.54, 1.807) is 30.3 Å². The topological polar surface area (TPSA) is 61.8 Å². The first-order valence-corrected chi connectivity index (χ1v) is 7.03. The van der Waals surface area contributed by atoms with Crippen molar-refractivity contribution in [2.45, 2.75) is 6.54 Å². The van der Waals surface area contributed by atoms with Crippen LogP contribution in [-0.4, -0.2) is 18.1 Å².